The predicted octanol–water partition coefficient (Wildman–Crippen LogP) is 5.40. The maximum absolute atomic E-state index is 12.7. The molecule has 0 fully saturated rings. The molecule has 0 bridgehead atoms. The van der Waals surface area contributed by atoms with Crippen LogP contribution in [0.5, 0.6) is 0 Å². The molecule has 0 saturated carbocycles. The minimum atomic E-state index is -0.575. The Hall–Kier alpha value is -3.23. The first-order chi connectivity index (χ1) is 14.8. The van der Waals surface area contributed by atoms with Crippen molar-refractivity contribution in [2.24, 2.45) is 0 Å². The number of nitro benzene ring substituents is 1. The summed E-state index contributed by atoms with van der Waals surface area (Å²) in [6.45, 7) is 3.80. The molecule has 0 saturated heterocycles. The lowest BCUT2D eigenvalue weighted by atomic mass is 10.2. The third-order valence-corrected chi connectivity index (χ3v) is 5.02. The van der Waals surface area contributed by atoms with Crippen molar-refractivity contribution in [3.05, 3.63) is 80.2 Å². The van der Waals surface area contributed by atoms with Gasteiger partial charge in [0.05, 0.1) is 22.1 Å². The molecule has 0 radical (unpaired) electrons. The summed E-state index contributed by atoms with van der Waals surface area (Å²) in [7, 11) is 0. The van der Waals surface area contributed by atoms with Crippen molar-refractivity contribution in [1.29, 1.82) is 0 Å². The van der Waals surface area contributed by atoms with Crippen LogP contribution in [0.25, 0.3) is 17.5 Å². The highest BCUT2D eigenvalue weighted by atomic mass is 35.5. The summed E-state index contributed by atoms with van der Waals surface area (Å²) in [5.74, 6) is 0.207. The molecule has 160 valence electrons. The van der Waals surface area contributed by atoms with Gasteiger partial charge in [-0.25, -0.2) is 0 Å². The average molecular weight is 461 g/mol. The monoisotopic (exact) mass is 460 g/mol. The van der Waals surface area contributed by atoms with E-state index in [1.165, 1.54) is 29.2 Å². The molecule has 1 aromatic heterocycles. The molecular formula is C21H18Cl2N4O4. The van der Waals surface area contributed by atoms with Crippen molar-refractivity contribution < 1.29 is 14.1 Å². The molecule has 1 amide bonds. The number of halogens is 2. The number of carbonyl (C=O) groups is 1. The fourth-order valence-corrected chi connectivity index (χ4v) is 3.16. The smallest absolute Gasteiger partial charge is 0.288 e. The fourth-order valence-electron chi connectivity index (χ4n) is 2.76. The van der Waals surface area contributed by atoms with Gasteiger partial charge in [-0.1, -0.05) is 41.4 Å². The van der Waals surface area contributed by atoms with Crippen LogP contribution in [-0.4, -0.2) is 32.0 Å². The van der Waals surface area contributed by atoms with E-state index in [0.717, 1.165) is 0 Å². The zero-order valence-corrected chi connectivity index (χ0v) is 18.2. The molecule has 3 aromatic rings. The number of benzene rings is 2. The molecule has 0 N–H and O–H groups in total. The van der Waals surface area contributed by atoms with Gasteiger partial charge in [-0.15, -0.1) is 10.2 Å². The maximum atomic E-state index is 12.7. The van der Waals surface area contributed by atoms with Gasteiger partial charge in [-0.05, 0) is 43.7 Å². The zero-order valence-electron chi connectivity index (χ0n) is 16.7. The number of hydrogen-bond acceptors (Lipinski definition) is 6. The van der Waals surface area contributed by atoms with Crippen LogP contribution in [0.1, 0.15) is 25.3 Å². The fraction of sp³-hybridized carbons (Fsp3) is 0.190. The Balaban J connectivity index is 1.76. The molecule has 0 aliphatic carbocycles. The topological polar surface area (TPSA) is 102 Å². The van der Waals surface area contributed by atoms with E-state index in [4.69, 9.17) is 27.6 Å². The Morgan fingerprint density at radius 3 is 2.61 bits per heavy atom. The van der Waals surface area contributed by atoms with E-state index in [1.807, 2.05) is 13.8 Å². The van der Waals surface area contributed by atoms with Crippen molar-refractivity contribution in [2.75, 3.05) is 0 Å². The van der Waals surface area contributed by atoms with Crippen molar-refractivity contribution in [3.63, 3.8) is 0 Å². The van der Waals surface area contributed by atoms with E-state index < -0.39 is 4.92 Å². The second-order valence-corrected chi connectivity index (χ2v) is 7.66. The first-order valence-electron chi connectivity index (χ1n) is 9.26. The number of amides is 1. The van der Waals surface area contributed by atoms with Gasteiger partial charge in [0.2, 0.25) is 17.7 Å². The van der Waals surface area contributed by atoms with Crippen LogP contribution >= 0.6 is 23.2 Å². The minimum absolute atomic E-state index is 0.0306. The Morgan fingerprint density at radius 2 is 1.94 bits per heavy atom. The van der Waals surface area contributed by atoms with Crippen molar-refractivity contribution >= 4 is 40.9 Å². The summed E-state index contributed by atoms with van der Waals surface area (Å²) >= 11 is 12.0. The Labute approximate surface area is 188 Å². The quantitative estimate of drug-likeness (QED) is 0.265. The third-order valence-electron chi connectivity index (χ3n) is 4.37. The van der Waals surface area contributed by atoms with Gasteiger partial charge in [0, 0.05) is 18.2 Å². The van der Waals surface area contributed by atoms with Gasteiger partial charge < -0.3 is 9.32 Å². The van der Waals surface area contributed by atoms with Gasteiger partial charge in [0.1, 0.15) is 5.02 Å². The molecule has 0 aliphatic rings. The van der Waals surface area contributed by atoms with Crippen LogP contribution in [-0.2, 0) is 11.3 Å². The third kappa shape index (κ3) is 5.48. The highest BCUT2D eigenvalue weighted by molar-refractivity contribution is 6.33. The van der Waals surface area contributed by atoms with Crippen LogP contribution in [0.2, 0.25) is 10.0 Å². The van der Waals surface area contributed by atoms with E-state index in [-0.39, 0.29) is 41.0 Å². The van der Waals surface area contributed by atoms with Gasteiger partial charge in [0.15, 0.2) is 0 Å². The van der Waals surface area contributed by atoms with E-state index in [9.17, 15) is 14.9 Å². The lowest BCUT2D eigenvalue weighted by Gasteiger charge is -2.23. The van der Waals surface area contributed by atoms with Gasteiger partial charge >= 0.3 is 0 Å². The van der Waals surface area contributed by atoms with Crippen molar-refractivity contribution in [2.45, 2.75) is 26.4 Å². The number of hydrogen-bond donors (Lipinski definition) is 0. The number of nitro groups is 1. The van der Waals surface area contributed by atoms with Gasteiger partial charge in [-0.2, -0.15) is 0 Å². The standard InChI is InChI=1S/C21H18Cl2N4O4/c1-13(2)26(12-19-24-25-21(31-19)15-5-3-4-6-16(15)22)20(28)10-8-14-7-9-17(23)18(11-14)27(29)30/h3-11,13H,12H2,1-2H3. The molecule has 31 heavy (non-hydrogen) atoms. The summed E-state index contributed by atoms with van der Waals surface area (Å²) in [4.78, 5) is 24.7. The molecule has 2 aromatic carbocycles. The second-order valence-electron chi connectivity index (χ2n) is 6.84. The highest BCUT2D eigenvalue weighted by Gasteiger charge is 2.20. The number of aromatic nitrogens is 2. The van der Waals surface area contributed by atoms with E-state index in [1.54, 1.807) is 30.3 Å². The van der Waals surface area contributed by atoms with Crippen LogP contribution in [0.15, 0.2) is 53.0 Å². The zero-order chi connectivity index (χ0) is 22.5. The Kier molecular flexibility index (Phi) is 7.04. The molecule has 0 atom stereocenters. The summed E-state index contributed by atoms with van der Waals surface area (Å²) < 4.78 is 5.69. The summed E-state index contributed by atoms with van der Waals surface area (Å²) in [5.41, 5.74) is 0.858. The van der Waals surface area contributed by atoms with Gasteiger partial charge in [-0.3, -0.25) is 14.9 Å². The van der Waals surface area contributed by atoms with Gasteiger partial charge in [0.25, 0.3) is 5.69 Å². The number of rotatable bonds is 7. The molecule has 0 aliphatic heterocycles. The molecule has 3 rings (SSSR count). The summed E-state index contributed by atoms with van der Waals surface area (Å²) in [6.07, 6.45) is 2.82. The summed E-state index contributed by atoms with van der Waals surface area (Å²) in [6, 6.07) is 11.2. The maximum Gasteiger partial charge on any atom is 0.288 e. The van der Waals surface area contributed by atoms with Crippen molar-refractivity contribution in [3.8, 4) is 11.5 Å². The molecule has 1 heterocycles. The van der Waals surface area contributed by atoms with Crippen LogP contribution in [0.3, 0.4) is 0 Å². The lowest BCUT2D eigenvalue weighted by molar-refractivity contribution is -0.384. The highest BCUT2D eigenvalue weighted by Crippen LogP contribution is 2.27. The minimum Gasteiger partial charge on any atom is -0.419 e. The molecule has 10 heteroatoms. The SMILES string of the molecule is CC(C)N(Cc1nnc(-c2ccccc2Cl)o1)C(=O)C=Cc1ccc(Cl)c([N+](=O)[O-])c1. The number of nitrogens with zero attached hydrogens (tertiary/aromatic N) is 4. The second kappa shape index (κ2) is 9.72. The Bertz CT molecular complexity index is 1140. The van der Waals surface area contributed by atoms with Crippen LogP contribution in [0, 0.1) is 10.1 Å². The van der Waals surface area contributed by atoms with E-state index in [2.05, 4.69) is 10.2 Å². The van der Waals surface area contributed by atoms with E-state index >= 15 is 0 Å². The predicted molar refractivity (Wildman–Crippen MR) is 118 cm³/mol. The normalized spacial score (nSPS) is 11.3. The van der Waals surface area contributed by atoms with Crippen molar-refractivity contribution in [1.82, 2.24) is 15.1 Å². The lowest BCUT2D eigenvalue weighted by Crippen LogP contribution is -2.35. The van der Waals surface area contributed by atoms with Crippen LogP contribution < -0.4 is 0 Å². The first-order valence-corrected chi connectivity index (χ1v) is 10.0. The summed E-state index contributed by atoms with van der Waals surface area (Å²) in [5, 5.41) is 19.6. The largest absolute Gasteiger partial charge is 0.419 e. The van der Waals surface area contributed by atoms with E-state index in [0.29, 0.717) is 16.1 Å². The molecule has 0 unspecified atom stereocenters. The Morgan fingerprint density at radius 1 is 1.19 bits per heavy atom. The average Bonchev–Trinajstić information content (AvgIpc) is 3.19. The molecule has 8 nitrogen and oxygen atoms in total. The number of carbonyl (C=O) groups excluding carboxylic acids is 1. The van der Waals surface area contributed by atoms with Crippen LogP contribution in [0.4, 0.5) is 5.69 Å². The molecular weight excluding hydrogens is 443 g/mol. The molecule has 0 spiro atoms. The first kappa shape index (κ1) is 22.5.